The van der Waals surface area contributed by atoms with E-state index in [1.54, 1.807) is 14.2 Å². The maximum Gasteiger partial charge on any atom is 0.143 e. The van der Waals surface area contributed by atoms with Gasteiger partial charge in [-0.05, 0) is 47.4 Å². The molecule has 0 unspecified atom stereocenters. The van der Waals surface area contributed by atoms with E-state index in [1.165, 1.54) is 16.7 Å². The van der Waals surface area contributed by atoms with Gasteiger partial charge in [-0.2, -0.15) is 0 Å². The highest BCUT2D eigenvalue weighted by atomic mass is 16.5. The zero-order valence-electron chi connectivity index (χ0n) is 23.5. The zero-order chi connectivity index (χ0) is 26.7. The van der Waals surface area contributed by atoms with Gasteiger partial charge >= 0.3 is 0 Å². The fourth-order valence-corrected chi connectivity index (χ4v) is 4.55. The van der Waals surface area contributed by atoms with Crippen LogP contribution in [-0.4, -0.2) is 32.5 Å². The lowest BCUT2D eigenvalue weighted by molar-refractivity contribution is 0.196. The van der Waals surface area contributed by atoms with Crippen molar-refractivity contribution < 1.29 is 14.6 Å². The van der Waals surface area contributed by atoms with Gasteiger partial charge in [0.05, 0.1) is 12.8 Å². The molecule has 0 amide bonds. The molecule has 0 aliphatic heterocycles. The summed E-state index contributed by atoms with van der Waals surface area (Å²) >= 11 is 0. The van der Waals surface area contributed by atoms with Crippen molar-refractivity contribution in [3.63, 3.8) is 0 Å². The Morgan fingerprint density at radius 3 is 2.14 bits per heavy atom. The molecule has 0 aromatic heterocycles. The molecule has 0 atom stereocenters. The van der Waals surface area contributed by atoms with Gasteiger partial charge in [-0.3, -0.25) is 0 Å². The fraction of sp³-hybridized carbons (Fsp3) is 0.438. The van der Waals surface area contributed by atoms with E-state index in [1.807, 2.05) is 12.1 Å². The van der Waals surface area contributed by atoms with Crippen molar-refractivity contribution >= 4 is 11.4 Å². The third-order valence-electron chi connectivity index (χ3n) is 6.58. The number of para-hydroxylation sites is 1. The fourth-order valence-electron chi connectivity index (χ4n) is 4.55. The number of hydrogen-bond acceptors (Lipinski definition) is 4. The van der Waals surface area contributed by atoms with Crippen molar-refractivity contribution in [1.29, 1.82) is 0 Å². The number of phenolic OH excluding ortho intramolecular Hbond substituents is 1. The Labute approximate surface area is 217 Å². The van der Waals surface area contributed by atoms with E-state index < -0.39 is 0 Å². The van der Waals surface area contributed by atoms with Gasteiger partial charge in [-0.1, -0.05) is 83.5 Å². The van der Waals surface area contributed by atoms with E-state index in [2.05, 4.69) is 95.8 Å². The minimum atomic E-state index is -0.247. The van der Waals surface area contributed by atoms with Crippen LogP contribution in [0.1, 0.15) is 64.7 Å². The molecule has 0 radical (unpaired) electrons. The van der Waals surface area contributed by atoms with Crippen molar-refractivity contribution in [3.05, 3.63) is 71.3 Å². The van der Waals surface area contributed by atoms with Crippen LogP contribution in [0, 0.1) is 6.92 Å². The Morgan fingerprint density at radius 2 is 1.53 bits per heavy atom. The average Bonchev–Trinajstić information content (AvgIpc) is 2.81. The molecule has 0 heterocycles. The molecule has 194 valence electrons. The lowest BCUT2D eigenvalue weighted by Crippen LogP contribution is -2.22. The van der Waals surface area contributed by atoms with Crippen LogP contribution in [0.3, 0.4) is 0 Å². The van der Waals surface area contributed by atoms with Crippen molar-refractivity contribution in [2.24, 2.45) is 0 Å². The largest absolute Gasteiger partial charge is 0.505 e. The number of methoxy groups -OCH3 is 2. The summed E-state index contributed by atoms with van der Waals surface area (Å²) in [4.78, 5) is 2.21. The minimum Gasteiger partial charge on any atom is -0.505 e. The molecule has 36 heavy (non-hydrogen) atoms. The Kier molecular flexibility index (Phi) is 8.40. The van der Waals surface area contributed by atoms with Crippen LogP contribution in [0.15, 0.2) is 54.6 Å². The van der Waals surface area contributed by atoms with Gasteiger partial charge in [0, 0.05) is 43.1 Å². The number of anilines is 2. The Hall–Kier alpha value is -2.98. The number of nitrogens with zero attached hydrogens (tertiary/aromatic N) is 1. The van der Waals surface area contributed by atoms with Gasteiger partial charge in [0.2, 0.25) is 0 Å². The summed E-state index contributed by atoms with van der Waals surface area (Å²) in [5, 5.41) is 11.6. The van der Waals surface area contributed by atoms with E-state index in [4.69, 9.17) is 9.47 Å². The van der Waals surface area contributed by atoms with Gasteiger partial charge in [0.15, 0.2) is 0 Å². The SMILES string of the molecule is COCCCN(c1ccccc1-c1cc(C)cc(C(C)(C)C)c1)c1cc(OC)cc(C(C)(C)C)c1O. The highest BCUT2D eigenvalue weighted by molar-refractivity contribution is 5.85. The maximum absolute atomic E-state index is 11.6. The molecule has 0 bridgehead atoms. The summed E-state index contributed by atoms with van der Waals surface area (Å²) in [5.74, 6) is 1.02. The van der Waals surface area contributed by atoms with Crippen molar-refractivity contribution in [2.45, 2.75) is 65.7 Å². The lowest BCUT2D eigenvalue weighted by Gasteiger charge is -2.31. The molecular weight excluding hydrogens is 446 g/mol. The third-order valence-corrected chi connectivity index (χ3v) is 6.58. The first-order chi connectivity index (χ1) is 16.9. The molecule has 4 heteroatoms. The van der Waals surface area contributed by atoms with Crippen LogP contribution in [0.25, 0.3) is 11.1 Å². The number of phenols is 1. The monoisotopic (exact) mass is 489 g/mol. The first-order valence-electron chi connectivity index (χ1n) is 12.8. The number of aryl methyl sites for hydroxylation is 1. The summed E-state index contributed by atoms with van der Waals surface area (Å²) in [5.41, 5.74) is 7.28. The first-order valence-corrected chi connectivity index (χ1v) is 12.8. The molecule has 0 saturated heterocycles. The topological polar surface area (TPSA) is 41.9 Å². The van der Waals surface area contributed by atoms with Crippen LogP contribution in [0.2, 0.25) is 0 Å². The smallest absolute Gasteiger partial charge is 0.143 e. The van der Waals surface area contributed by atoms with Crippen molar-refractivity contribution in [1.82, 2.24) is 0 Å². The molecule has 3 aromatic carbocycles. The number of benzene rings is 3. The summed E-state index contributed by atoms with van der Waals surface area (Å²) in [7, 11) is 3.40. The summed E-state index contributed by atoms with van der Waals surface area (Å²) < 4.78 is 11.1. The molecular formula is C32H43NO3. The lowest BCUT2D eigenvalue weighted by atomic mass is 9.84. The maximum atomic E-state index is 11.6. The molecule has 0 spiro atoms. The minimum absolute atomic E-state index is 0.0422. The predicted octanol–water partition coefficient (Wildman–Crippen LogP) is 8.15. The molecule has 0 aliphatic carbocycles. The molecule has 3 rings (SSSR count). The van der Waals surface area contributed by atoms with E-state index in [0.29, 0.717) is 13.2 Å². The first kappa shape index (κ1) is 27.6. The van der Waals surface area contributed by atoms with Crippen molar-refractivity contribution in [2.75, 3.05) is 32.3 Å². The molecule has 0 fully saturated rings. The summed E-state index contributed by atoms with van der Waals surface area (Å²) in [6.07, 6.45) is 0.813. The quantitative estimate of drug-likeness (QED) is 0.324. The van der Waals surface area contributed by atoms with Crippen LogP contribution in [0.5, 0.6) is 11.5 Å². The van der Waals surface area contributed by atoms with Crippen LogP contribution >= 0.6 is 0 Å². The highest BCUT2D eigenvalue weighted by Crippen LogP contribution is 2.46. The summed E-state index contributed by atoms with van der Waals surface area (Å²) in [6.45, 7) is 16.5. The number of rotatable bonds is 8. The Balaban J connectivity index is 2.27. The Bertz CT molecular complexity index is 1180. The molecule has 4 nitrogen and oxygen atoms in total. The van der Waals surface area contributed by atoms with Gasteiger partial charge in [-0.25, -0.2) is 0 Å². The molecule has 0 saturated carbocycles. The van der Waals surface area contributed by atoms with Crippen LogP contribution < -0.4 is 9.64 Å². The van der Waals surface area contributed by atoms with Gasteiger partial charge in [-0.15, -0.1) is 0 Å². The van der Waals surface area contributed by atoms with E-state index in [0.717, 1.165) is 34.7 Å². The second-order valence-corrected chi connectivity index (χ2v) is 11.6. The molecule has 3 aromatic rings. The standard InChI is InChI=1S/C32H43NO3/c1-22-17-23(19-24(18-22)31(2,3)4)26-13-10-11-14-28(26)33(15-12-16-35-8)29-21-25(36-9)20-27(30(29)34)32(5,6)7/h10-11,13-14,17-21,34H,12,15-16H2,1-9H3. The molecule has 0 aliphatic rings. The predicted molar refractivity (Wildman–Crippen MR) is 152 cm³/mol. The van der Waals surface area contributed by atoms with Crippen LogP contribution in [0.4, 0.5) is 11.4 Å². The van der Waals surface area contributed by atoms with Gasteiger partial charge in [0.1, 0.15) is 11.5 Å². The second-order valence-electron chi connectivity index (χ2n) is 11.6. The number of ether oxygens (including phenoxy) is 2. The Morgan fingerprint density at radius 1 is 0.833 bits per heavy atom. The third kappa shape index (κ3) is 6.22. The normalized spacial score (nSPS) is 12.0. The van der Waals surface area contributed by atoms with Gasteiger partial charge in [0.25, 0.3) is 0 Å². The van der Waals surface area contributed by atoms with E-state index in [-0.39, 0.29) is 16.6 Å². The summed E-state index contributed by atoms with van der Waals surface area (Å²) in [6, 6.07) is 19.1. The van der Waals surface area contributed by atoms with Gasteiger partial charge < -0.3 is 19.5 Å². The van der Waals surface area contributed by atoms with E-state index in [9.17, 15) is 5.11 Å². The van der Waals surface area contributed by atoms with Crippen molar-refractivity contribution in [3.8, 4) is 22.6 Å². The average molecular weight is 490 g/mol. The number of aromatic hydroxyl groups is 1. The number of hydrogen-bond donors (Lipinski definition) is 1. The van der Waals surface area contributed by atoms with Crippen LogP contribution in [-0.2, 0) is 15.6 Å². The molecule has 1 N–H and O–H groups in total. The second kappa shape index (κ2) is 11.0. The van der Waals surface area contributed by atoms with E-state index >= 15 is 0 Å². The zero-order valence-corrected chi connectivity index (χ0v) is 23.5. The highest BCUT2D eigenvalue weighted by Gasteiger charge is 2.26.